The molecule has 1 aliphatic heterocycles. The first kappa shape index (κ1) is 32.2. The Balaban J connectivity index is 1.20. The number of aromatic amines is 1. The number of carbonyl (C=O) groups excluding carboxylic acids is 3. The summed E-state index contributed by atoms with van der Waals surface area (Å²) in [6, 6.07) is 27.2. The Kier molecular flexibility index (Phi) is 11.3. The third-order valence-corrected chi connectivity index (χ3v) is 7.82. The van der Waals surface area contributed by atoms with Gasteiger partial charge in [0, 0.05) is 43.0 Å². The minimum Gasteiger partial charge on any atom is -0.453 e. The van der Waals surface area contributed by atoms with E-state index in [4.69, 9.17) is 9.47 Å². The van der Waals surface area contributed by atoms with E-state index in [0.29, 0.717) is 37.6 Å². The topological polar surface area (TPSA) is 158 Å². The molecule has 3 aromatic carbocycles. The third-order valence-electron chi connectivity index (χ3n) is 7.82. The van der Waals surface area contributed by atoms with Gasteiger partial charge in [0.2, 0.25) is 5.91 Å². The van der Waals surface area contributed by atoms with Crippen LogP contribution in [0.5, 0.6) is 0 Å². The predicted molar refractivity (Wildman–Crippen MR) is 175 cm³/mol. The van der Waals surface area contributed by atoms with Crippen molar-refractivity contribution in [1.82, 2.24) is 26.1 Å². The Hall–Kier alpha value is -5.20. The van der Waals surface area contributed by atoms with E-state index in [1.54, 1.807) is 12.3 Å². The van der Waals surface area contributed by atoms with Crippen LogP contribution in [0.3, 0.4) is 0 Å². The molecule has 6 N–H and O–H groups in total. The maximum atomic E-state index is 14.0. The van der Waals surface area contributed by atoms with Crippen LogP contribution in [0.15, 0.2) is 97.2 Å². The van der Waals surface area contributed by atoms with E-state index in [1.165, 1.54) is 7.11 Å². The number of alkyl carbamates (subject to hydrolysis) is 1. The molecule has 12 heteroatoms. The number of amides is 4. The number of ether oxygens (including phenoxy) is 2. The fraction of sp³-hybridized carbons (Fsp3) is 0.294. The second-order valence-corrected chi connectivity index (χ2v) is 11.0. The van der Waals surface area contributed by atoms with E-state index in [-0.39, 0.29) is 24.1 Å². The van der Waals surface area contributed by atoms with Crippen LogP contribution in [0.4, 0.5) is 21.1 Å². The number of morpholine rings is 1. The number of aromatic nitrogens is 2. The molecule has 12 nitrogen and oxygen atoms in total. The average molecular weight is 626 g/mol. The molecule has 0 radical (unpaired) electrons. The van der Waals surface area contributed by atoms with Crippen LogP contribution in [-0.4, -0.2) is 73.2 Å². The van der Waals surface area contributed by atoms with Gasteiger partial charge >= 0.3 is 12.1 Å². The van der Waals surface area contributed by atoms with Gasteiger partial charge in [0.05, 0.1) is 19.8 Å². The zero-order valence-electron chi connectivity index (χ0n) is 25.6. The summed E-state index contributed by atoms with van der Waals surface area (Å²) in [6.45, 7) is 1.49. The number of rotatable bonds is 12. The van der Waals surface area contributed by atoms with E-state index in [1.807, 2.05) is 84.9 Å². The zero-order valence-corrected chi connectivity index (χ0v) is 25.6. The number of anilines is 2. The Bertz CT molecular complexity index is 1510. The van der Waals surface area contributed by atoms with Gasteiger partial charge in [-0.2, -0.15) is 5.10 Å². The number of H-pyrrole nitrogens is 1. The van der Waals surface area contributed by atoms with Gasteiger partial charge in [-0.3, -0.25) is 15.2 Å². The number of nitrogens with zero attached hydrogens (tertiary/aromatic N) is 1. The number of methoxy groups -OCH3 is 1. The lowest BCUT2D eigenvalue weighted by Gasteiger charge is -2.31. The maximum Gasteiger partial charge on any atom is 0.407 e. The Morgan fingerprint density at radius 2 is 1.63 bits per heavy atom. The van der Waals surface area contributed by atoms with Crippen molar-refractivity contribution in [2.75, 3.05) is 37.4 Å². The number of urea groups is 1. The van der Waals surface area contributed by atoms with Gasteiger partial charge in [-0.1, -0.05) is 78.9 Å². The molecule has 4 amide bonds. The number of nitrogens with one attached hydrogen (secondary N) is 6. The Morgan fingerprint density at radius 1 is 0.935 bits per heavy atom. The molecule has 0 spiro atoms. The van der Waals surface area contributed by atoms with Crippen molar-refractivity contribution in [3.8, 4) is 0 Å². The second-order valence-electron chi connectivity index (χ2n) is 11.0. The lowest BCUT2D eigenvalue weighted by Crippen LogP contribution is -2.52. The molecule has 46 heavy (non-hydrogen) atoms. The molecule has 1 aliphatic rings. The van der Waals surface area contributed by atoms with Crippen molar-refractivity contribution >= 4 is 29.5 Å². The highest BCUT2D eigenvalue weighted by molar-refractivity contribution is 5.98. The SMILES string of the molecule is COC(=O)N[C@H](C(=O)Nc1ccccc1CC[C@@H]1CN[C@H](CNC(=O)Nc2cc[nH]n2)CO1)C(c1ccccc1)c1ccccc1. The normalized spacial score (nSPS) is 16.7. The van der Waals surface area contributed by atoms with Gasteiger partial charge in [-0.15, -0.1) is 0 Å². The Morgan fingerprint density at radius 3 is 2.26 bits per heavy atom. The molecule has 0 bridgehead atoms. The van der Waals surface area contributed by atoms with Gasteiger partial charge in [0.1, 0.15) is 6.04 Å². The Labute approximate surface area is 267 Å². The molecule has 3 atom stereocenters. The minimum absolute atomic E-state index is 0.0193. The molecule has 1 saturated heterocycles. The van der Waals surface area contributed by atoms with Crippen molar-refractivity contribution in [3.05, 3.63) is 114 Å². The average Bonchev–Trinajstić information content (AvgIpc) is 3.61. The second kappa shape index (κ2) is 16.2. The number of carbonyl (C=O) groups is 3. The minimum atomic E-state index is -0.955. The van der Waals surface area contributed by atoms with Crippen LogP contribution in [0.25, 0.3) is 0 Å². The highest BCUT2D eigenvalue weighted by Gasteiger charge is 2.33. The molecule has 2 heterocycles. The molecule has 240 valence electrons. The first-order valence-electron chi connectivity index (χ1n) is 15.2. The van der Waals surface area contributed by atoms with E-state index in [9.17, 15) is 14.4 Å². The molecule has 0 aliphatic carbocycles. The van der Waals surface area contributed by atoms with Gasteiger partial charge in [-0.05, 0) is 35.6 Å². The molecule has 1 fully saturated rings. The molecule has 4 aromatic rings. The van der Waals surface area contributed by atoms with Crippen molar-refractivity contribution in [2.24, 2.45) is 0 Å². The summed E-state index contributed by atoms with van der Waals surface area (Å²) in [4.78, 5) is 38.6. The summed E-state index contributed by atoms with van der Waals surface area (Å²) < 4.78 is 11.0. The summed E-state index contributed by atoms with van der Waals surface area (Å²) in [5.74, 6) is -0.378. The highest BCUT2D eigenvalue weighted by Crippen LogP contribution is 2.30. The van der Waals surface area contributed by atoms with E-state index in [2.05, 4.69) is 36.8 Å². The van der Waals surface area contributed by atoms with E-state index < -0.39 is 18.1 Å². The molecule has 0 saturated carbocycles. The van der Waals surface area contributed by atoms with Crippen LogP contribution in [0.1, 0.15) is 29.0 Å². The first-order valence-corrected chi connectivity index (χ1v) is 15.2. The maximum absolute atomic E-state index is 14.0. The van der Waals surface area contributed by atoms with Crippen molar-refractivity contribution in [3.63, 3.8) is 0 Å². The summed E-state index contributed by atoms with van der Waals surface area (Å²) in [5, 5.41) is 21.3. The zero-order chi connectivity index (χ0) is 32.1. The number of hydrogen-bond acceptors (Lipinski definition) is 7. The number of benzene rings is 3. The van der Waals surface area contributed by atoms with Gasteiger partial charge in [0.15, 0.2) is 5.82 Å². The van der Waals surface area contributed by atoms with Gasteiger partial charge in [0.25, 0.3) is 0 Å². The van der Waals surface area contributed by atoms with Crippen LogP contribution < -0.4 is 26.6 Å². The summed E-state index contributed by atoms with van der Waals surface area (Å²) in [5.41, 5.74) is 3.38. The smallest absolute Gasteiger partial charge is 0.407 e. The lowest BCUT2D eigenvalue weighted by molar-refractivity contribution is -0.118. The van der Waals surface area contributed by atoms with Crippen LogP contribution in [-0.2, 0) is 20.7 Å². The van der Waals surface area contributed by atoms with E-state index in [0.717, 1.165) is 23.1 Å². The fourth-order valence-corrected chi connectivity index (χ4v) is 5.46. The first-order chi connectivity index (χ1) is 22.5. The number of aryl methyl sites for hydroxylation is 1. The van der Waals surface area contributed by atoms with Crippen LogP contribution >= 0.6 is 0 Å². The van der Waals surface area contributed by atoms with Crippen LogP contribution in [0, 0.1) is 0 Å². The van der Waals surface area contributed by atoms with Gasteiger partial charge in [-0.25, -0.2) is 9.59 Å². The summed E-state index contributed by atoms with van der Waals surface area (Å²) in [6.07, 6.45) is 2.28. The molecule has 0 unspecified atom stereocenters. The lowest BCUT2D eigenvalue weighted by atomic mass is 9.84. The quantitative estimate of drug-likeness (QED) is 0.139. The number of hydrogen-bond donors (Lipinski definition) is 6. The third kappa shape index (κ3) is 8.93. The van der Waals surface area contributed by atoms with Crippen molar-refractivity contribution in [2.45, 2.75) is 36.9 Å². The van der Waals surface area contributed by atoms with Crippen molar-refractivity contribution < 1.29 is 23.9 Å². The number of para-hydroxylation sites is 1. The predicted octanol–water partition coefficient (Wildman–Crippen LogP) is 4.02. The summed E-state index contributed by atoms with van der Waals surface area (Å²) >= 11 is 0. The summed E-state index contributed by atoms with van der Waals surface area (Å²) in [7, 11) is 1.28. The molecular weight excluding hydrogens is 586 g/mol. The fourth-order valence-electron chi connectivity index (χ4n) is 5.46. The van der Waals surface area contributed by atoms with Crippen LogP contribution in [0.2, 0.25) is 0 Å². The van der Waals surface area contributed by atoms with Crippen molar-refractivity contribution in [1.29, 1.82) is 0 Å². The monoisotopic (exact) mass is 625 g/mol. The largest absolute Gasteiger partial charge is 0.453 e. The standard InChI is InChI=1S/C34H39N7O5/c1-45-34(44)40-31(30(24-11-4-2-5-12-24)25-13-6-3-7-14-25)32(42)38-28-15-9-8-10-23(28)16-17-27-21-35-26(22-46-27)20-36-33(43)39-29-18-19-37-41-29/h2-15,18-19,26-27,30-31,35H,16-17,20-22H2,1H3,(H,38,42)(H,40,44)(H3,36,37,39,41,43)/t26-,27-,31+/m1/s1. The highest BCUT2D eigenvalue weighted by atomic mass is 16.5. The molecule has 1 aromatic heterocycles. The molecule has 5 rings (SSSR count). The van der Waals surface area contributed by atoms with Gasteiger partial charge < -0.3 is 30.7 Å². The molecular formula is C34H39N7O5. The van der Waals surface area contributed by atoms with E-state index >= 15 is 0 Å².